The summed E-state index contributed by atoms with van der Waals surface area (Å²) in [4.78, 5) is 14.0. The van der Waals surface area contributed by atoms with Gasteiger partial charge < -0.3 is 15.2 Å². The summed E-state index contributed by atoms with van der Waals surface area (Å²) in [6.07, 6.45) is 8.33. The SMILES string of the molecule is Cc1cc(-c2cnc(N)s2)nc(OC2CCCCOCCCC2)n1. The van der Waals surface area contributed by atoms with Crippen LogP contribution in [0.2, 0.25) is 0 Å². The predicted molar refractivity (Wildman–Crippen MR) is 95.2 cm³/mol. The molecule has 0 saturated carbocycles. The monoisotopic (exact) mass is 348 g/mol. The Morgan fingerprint density at radius 1 is 1.17 bits per heavy atom. The average Bonchev–Trinajstić information content (AvgIpc) is 3.00. The van der Waals surface area contributed by atoms with Crippen LogP contribution in [-0.2, 0) is 4.74 Å². The third-order valence-electron chi connectivity index (χ3n) is 4.01. The summed E-state index contributed by atoms with van der Waals surface area (Å²) in [7, 11) is 0. The van der Waals surface area contributed by atoms with Crippen molar-refractivity contribution in [2.24, 2.45) is 0 Å². The predicted octanol–water partition coefficient (Wildman–Crippen LogP) is 3.61. The molecule has 0 bridgehead atoms. The van der Waals surface area contributed by atoms with Gasteiger partial charge in [0.15, 0.2) is 5.13 Å². The molecule has 0 unspecified atom stereocenters. The van der Waals surface area contributed by atoms with Crippen LogP contribution in [0.15, 0.2) is 12.3 Å². The van der Waals surface area contributed by atoms with Crippen LogP contribution in [0.1, 0.15) is 44.2 Å². The average molecular weight is 348 g/mol. The molecule has 1 fully saturated rings. The van der Waals surface area contributed by atoms with E-state index >= 15 is 0 Å². The molecule has 3 rings (SSSR count). The van der Waals surface area contributed by atoms with Gasteiger partial charge in [0.1, 0.15) is 6.10 Å². The molecule has 1 saturated heterocycles. The number of nitrogens with zero attached hydrogens (tertiary/aromatic N) is 3. The van der Waals surface area contributed by atoms with Crippen molar-refractivity contribution >= 4 is 16.5 Å². The molecule has 1 aliphatic rings. The smallest absolute Gasteiger partial charge is 0.317 e. The summed E-state index contributed by atoms with van der Waals surface area (Å²) < 4.78 is 11.7. The van der Waals surface area contributed by atoms with Gasteiger partial charge in [-0.25, -0.2) is 9.97 Å². The molecule has 0 radical (unpaired) electrons. The number of aryl methyl sites for hydroxylation is 1. The fourth-order valence-corrected chi connectivity index (χ4v) is 3.44. The first-order valence-corrected chi connectivity index (χ1v) is 9.34. The van der Waals surface area contributed by atoms with E-state index in [1.165, 1.54) is 11.3 Å². The Labute approximate surface area is 146 Å². The molecule has 0 aromatic carbocycles. The van der Waals surface area contributed by atoms with E-state index in [-0.39, 0.29) is 6.10 Å². The summed E-state index contributed by atoms with van der Waals surface area (Å²) in [6, 6.07) is 2.39. The van der Waals surface area contributed by atoms with Gasteiger partial charge in [-0.3, -0.25) is 0 Å². The van der Waals surface area contributed by atoms with Crippen molar-refractivity contribution in [1.29, 1.82) is 0 Å². The van der Waals surface area contributed by atoms with Crippen molar-refractivity contribution in [3.05, 3.63) is 18.0 Å². The molecule has 0 atom stereocenters. The minimum Gasteiger partial charge on any atom is -0.460 e. The normalized spacial score (nSPS) is 17.5. The van der Waals surface area contributed by atoms with Crippen LogP contribution >= 0.6 is 11.3 Å². The van der Waals surface area contributed by atoms with Crippen molar-refractivity contribution in [1.82, 2.24) is 15.0 Å². The quantitative estimate of drug-likeness (QED) is 0.912. The van der Waals surface area contributed by atoms with Crippen LogP contribution in [0.5, 0.6) is 6.01 Å². The minimum atomic E-state index is 0.171. The molecule has 2 aromatic heterocycles. The highest BCUT2D eigenvalue weighted by molar-refractivity contribution is 7.18. The summed E-state index contributed by atoms with van der Waals surface area (Å²) in [6.45, 7) is 3.66. The van der Waals surface area contributed by atoms with Crippen LogP contribution in [0.25, 0.3) is 10.6 Å². The number of ether oxygens (including phenoxy) is 2. The highest BCUT2D eigenvalue weighted by atomic mass is 32.1. The van der Waals surface area contributed by atoms with E-state index in [1.807, 2.05) is 13.0 Å². The minimum absolute atomic E-state index is 0.171. The molecule has 6 nitrogen and oxygen atoms in total. The van der Waals surface area contributed by atoms with Gasteiger partial charge in [-0.05, 0) is 51.5 Å². The van der Waals surface area contributed by atoms with Crippen LogP contribution < -0.4 is 10.5 Å². The number of rotatable bonds is 3. The maximum atomic E-state index is 6.13. The third kappa shape index (κ3) is 4.88. The molecule has 1 aliphatic heterocycles. The summed E-state index contributed by atoms with van der Waals surface area (Å²) in [5.74, 6) is 0. The number of aromatic nitrogens is 3. The molecule has 2 aromatic rings. The standard InChI is InChI=1S/C17H24N4O2S/c1-12-10-14(15-11-19-16(18)24-15)21-17(20-12)23-13-6-2-4-8-22-9-5-3-7-13/h10-11,13H,2-9H2,1H3,(H2,18,19). The second kappa shape index (κ2) is 8.39. The Morgan fingerprint density at radius 2 is 1.92 bits per heavy atom. The third-order valence-corrected chi connectivity index (χ3v) is 4.86. The van der Waals surface area contributed by atoms with E-state index in [4.69, 9.17) is 15.2 Å². The molecule has 2 N–H and O–H groups in total. The van der Waals surface area contributed by atoms with Crippen molar-refractivity contribution < 1.29 is 9.47 Å². The molecule has 0 amide bonds. The first-order valence-electron chi connectivity index (χ1n) is 8.52. The highest BCUT2D eigenvalue weighted by Crippen LogP contribution is 2.28. The second-order valence-electron chi connectivity index (χ2n) is 6.08. The first kappa shape index (κ1) is 17.1. The molecular formula is C17H24N4O2S. The number of nitrogen functional groups attached to an aromatic ring is 1. The van der Waals surface area contributed by atoms with E-state index in [0.717, 1.165) is 68.0 Å². The largest absolute Gasteiger partial charge is 0.460 e. The number of hydrogen-bond acceptors (Lipinski definition) is 7. The van der Waals surface area contributed by atoms with Gasteiger partial charge in [0.2, 0.25) is 0 Å². The van der Waals surface area contributed by atoms with E-state index < -0.39 is 0 Å². The van der Waals surface area contributed by atoms with Crippen LogP contribution in [0.4, 0.5) is 5.13 Å². The van der Waals surface area contributed by atoms with E-state index in [1.54, 1.807) is 6.20 Å². The molecule has 130 valence electrons. The molecule has 3 heterocycles. The van der Waals surface area contributed by atoms with Gasteiger partial charge in [-0.2, -0.15) is 4.98 Å². The van der Waals surface area contributed by atoms with Gasteiger partial charge in [-0.1, -0.05) is 11.3 Å². The van der Waals surface area contributed by atoms with Crippen molar-refractivity contribution in [2.75, 3.05) is 18.9 Å². The Bertz CT molecular complexity index is 652. The maximum Gasteiger partial charge on any atom is 0.317 e. The first-order chi connectivity index (χ1) is 11.7. The Hall–Kier alpha value is -1.73. The fraction of sp³-hybridized carbons (Fsp3) is 0.588. The van der Waals surface area contributed by atoms with E-state index in [0.29, 0.717) is 11.1 Å². The number of hydrogen-bond donors (Lipinski definition) is 1. The molecule has 24 heavy (non-hydrogen) atoms. The number of thiazole rings is 1. The van der Waals surface area contributed by atoms with Crippen molar-refractivity contribution in [2.45, 2.75) is 51.6 Å². The van der Waals surface area contributed by atoms with Crippen LogP contribution in [-0.4, -0.2) is 34.3 Å². The lowest BCUT2D eigenvalue weighted by Crippen LogP contribution is -2.19. The molecule has 0 spiro atoms. The van der Waals surface area contributed by atoms with E-state index in [9.17, 15) is 0 Å². The van der Waals surface area contributed by atoms with Gasteiger partial charge in [0.05, 0.1) is 10.6 Å². The maximum absolute atomic E-state index is 6.13. The Kier molecular flexibility index (Phi) is 5.98. The second-order valence-corrected chi connectivity index (χ2v) is 7.15. The zero-order valence-electron chi connectivity index (χ0n) is 14.0. The molecule has 7 heteroatoms. The van der Waals surface area contributed by atoms with Gasteiger partial charge in [0.25, 0.3) is 0 Å². The fourth-order valence-electron chi connectivity index (χ4n) is 2.79. The van der Waals surface area contributed by atoms with Gasteiger partial charge >= 0.3 is 6.01 Å². The summed E-state index contributed by atoms with van der Waals surface area (Å²) in [5.41, 5.74) is 7.43. The van der Waals surface area contributed by atoms with Gasteiger partial charge in [-0.15, -0.1) is 0 Å². The van der Waals surface area contributed by atoms with Crippen LogP contribution in [0, 0.1) is 6.92 Å². The lowest BCUT2D eigenvalue weighted by atomic mass is 10.1. The zero-order valence-corrected chi connectivity index (χ0v) is 14.8. The van der Waals surface area contributed by atoms with Crippen LogP contribution in [0.3, 0.4) is 0 Å². The van der Waals surface area contributed by atoms with E-state index in [2.05, 4.69) is 15.0 Å². The summed E-state index contributed by atoms with van der Waals surface area (Å²) in [5, 5.41) is 0.540. The van der Waals surface area contributed by atoms with Crippen molar-refractivity contribution in [3.8, 4) is 16.6 Å². The topological polar surface area (TPSA) is 83.2 Å². The lowest BCUT2D eigenvalue weighted by molar-refractivity contribution is 0.101. The molecule has 0 aliphatic carbocycles. The number of anilines is 1. The van der Waals surface area contributed by atoms with Gasteiger partial charge in [0, 0.05) is 25.1 Å². The molecular weight excluding hydrogens is 324 g/mol. The highest BCUT2D eigenvalue weighted by Gasteiger charge is 2.15. The Balaban J connectivity index is 1.72. The van der Waals surface area contributed by atoms with Crippen molar-refractivity contribution in [3.63, 3.8) is 0 Å². The lowest BCUT2D eigenvalue weighted by Gasteiger charge is -2.19. The zero-order chi connectivity index (χ0) is 16.8. The summed E-state index contributed by atoms with van der Waals surface area (Å²) >= 11 is 1.42. The number of nitrogens with two attached hydrogens (primary N) is 1. The Morgan fingerprint density at radius 3 is 2.58 bits per heavy atom.